The van der Waals surface area contributed by atoms with Gasteiger partial charge in [-0.3, -0.25) is 4.99 Å². The van der Waals surface area contributed by atoms with Gasteiger partial charge in [-0.1, -0.05) is 30.7 Å². The number of aliphatic imine (C=N–C) groups is 3. The van der Waals surface area contributed by atoms with Gasteiger partial charge in [-0.05, 0) is 30.3 Å². The number of ether oxygens (including phenoxy) is 2. The fraction of sp³-hybridized carbons (Fsp3) is 0.364. The van der Waals surface area contributed by atoms with Gasteiger partial charge < -0.3 is 20.1 Å². The normalized spacial score (nSPS) is 20.9. The second kappa shape index (κ2) is 11.3. The van der Waals surface area contributed by atoms with Crippen molar-refractivity contribution in [1.29, 1.82) is 0 Å². The molecule has 0 spiro atoms. The Hall–Kier alpha value is -3.32. The maximum absolute atomic E-state index is 15.1. The predicted molar refractivity (Wildman–Crippen MR) is 126 cm³/mol. The Morgan fingerprint density at radius 1 is 1.59 bits per heavy atom. The van der Waals surface area contributed by atoms with Gasteiger partial charge >= 0.3 is 6.09 Å². The van der Waals surface area contributed by atoms with E-state index < -0.39 is 17.4 Å². The van der Waals surface area contributed by atoms with Gasteiger partial charge in [-0.2, -0.15) is 0 Å². The molecule has 2 rings (SSSR count). The highest BCUT2D eigenvalue weighted by Gasteiger charge is 2.44. The summed E-state index contributed by atoms with van der Waals surface area (Å²) in [6, 6.07) is 4.52. The third-order valence-electron chi connectivity index (χ3n) is 4.87. The molecule has 0 unspecified atom stereocenters. The lowest BCUT2D eigenvalue weighted by atomic mass is 9.78. The van der Waals surface area contributed by atoms with Crippen molar-refractivity contribution < 1.29 is 18.7 Å². The molecule has 1 amide bonds. The first-order chi connectivity index (χ1) is 15.3. The van der Waals surface area contributed by atoms with Crippen molar-refractivity contribution in [3.63, 3.8) is 0 Å². The summed E-state index contributed by atoms with van der Waals surface area (Å²) in [4.78, 5) is 25.9. The summed E-state index contributed by atoms with van der Waals surface area (Å²) in [5.41, 5.74) is 5.81. The number of likely N-dealkylation sites (N-methyl/N-ethyl adjacent to an activating group) is 1. The third kappa shape index (κ3) is 5.88. The largest absolute Gasteiger partial charge is 0.463 e. The minimum Gasteiger partial charge on any atom is -0.463 e. The van der Waals surface area contributed by atoms with Gasteiger partial charge in [0.2, 0.25) is 5.88 Å². The molecule has 0 radical (unpaired) electrons. The molecule has 0 fully saturated rings. The number of carbonyl (C=O) groups excluding carboxylic acids is 1. The van der Waals surface area contributed by atoms with Gasteiger partial charge in [0.05, 0.1) is 19.9 Å². The zero-order chi connectivity index (χ0) is 23.7. The maximum atomic E-state index is 15.1. The molecule has 1 heterocycles. The first kappa shape index (κ1) is 24.9. The van der Waals surface area contributed by atoms with Crippen LogP contribution in [0, 0.1) is 24.1 Å². The number of terminal acetylenes is 1. The molecule has 0 aromatic heterocycles. The second-order valence-electron chi connectivity index (χ2n) is 7.05. The Morgan fingerprint density at radius 3 is 3.00 bits per heavy atom. The Labute approximate surface area is 191 Å². The molecule has 10 heteroatoms. The molecule has 1 aliphatic heterocycles. The van der Waals surface area contributed by atoms with E-state index in [4.69, 9.17) is 21.6 Å². The van der Waals surface area contributed by atoms with E-state index in [1.54, 1.807) is 19.2 Å². The van der Waals surface area contributed by atoms with E-state index in [-0.39, 0.29) is 25.0 Å². The molecular weight excluding hydrogens is 433 g/mol. The molecule has 0 saturated heterocycles. The molecule has 2 atom stereocenters. The number of hydrogen-bond acceptors (Lipinski definition) is 8. The fourth-order valence-electron chi connectivity index (χ4n) is 3.27. The highest BCUT2D eigenvalue weighted by atomic mass is 32.2. The summed E-state index contributed by atoms with van der Waals surface area (Å²) >= 11 is 1.39. The first-order valence-electron chi connectivity index (χ1n) is 9.61. The molecule has 0 bridgehead atoms. The van der Waals surface area contributed by atoms with Crippen LogP contribution >= 0.6 is 11.8 Å². The standard InChI is InChI=1S/C22H26FN5O3S/c1-6-9-31-19(12-25-3)26-11-16-7-8-18(23)17(10-16)22(14-28(4)21(29)30-5)15(2)13-32-20(24)27-22/h1,7-8,10-12,15H,3,9,13-14H2,2,4-5H3,(H2,24,27)/b19-12+,26-11?/t15-,22-/m0/s1. The van der Waals surface area contributed by atoms with Crippen molar-refractivity contribution in [3.05, 3.63) is 47.2 Å². The molecule has 0 saturated carbocycles. The van der Waals surface area contributed by atoms with Gasteiger partial charge in [0, 0.05) is 24.6 Å². The van der Waals surface area contributed by atoms with Crippen LogP contribution in [-0.2, 0) is 15.0 Å². The van der Waals surface area contributed by atoms with Gasteiger partial charge in [-0.25, -0.2) is 19.2 Å². The number of amidine groups is 1. The quantitative estimate of drug-likeness (QED) is 0.366. The summed E-state index contributed by atoms with van der Waals surface area (Å²) in [5.74, 6) is 2.51. The molecule has 1 aromatic carbocycles. The number of carbonyl (C=O) groups is 1. The number of nitrogens with two attached hydrogens (primary N) is 1. The van der Waals surface area contributed by atoms with Crippen molar-refractivity contribution in [1.82, 2.24) is 4.90 Å². The summed E-state index contributed by atoms with van der Waals surface area (Å²) in [6.07, 6.45) is 7.46. The molecule has 170 valence electrons. The van der Waals surface area contributed by atoms with Gasteiger partial charge in [0.25, 0.3) is 0 Å². The Morgan fingerprint density at radius 2 is 2.34 bits per heavy atom. The van der Waals surface area contributed by atoms with Crippen molar-refractivity contribution in [3.8, 4) is 12.3 Å². The van der Waals surface area contributed by atoms with Crippen LogP contribution in [0.4, 0.5) is 9.18 Å². The van der Waals surface area contributed by atoms with E-state index in [1.807, 2.05) is 6.92 Å². The lowest BCUT2D eigenvalue weighted by Gasteiger charge is -2.41. The molecule has 2 N–H and O–H groups in total. The van der Waals surface area contributed by atoms with Crippen LogP contribution in [-0.4, -0.2) is 62.2 Å². The lowest BCUT2D eigenvalue weighted by Crippen LogP contribution is -2.48. The van der Waals surface area contributed by atoms with Crippen LogP contribution in [0.15, 0.2) is 45.3 Å². The second-order valence-corrected chi connectivity index (χ2v) is 8.09. The Bertz CT molecular complexity index is 988. The number of nitrogens with zero attached hydrogens (tertiary/aromatic N) is 4. The Balaban J connectivity index is 2.53. The number of benzene rings is 1. The molecule has 32 heavy (non-hydrogen) atoms. The van der Waals surface area contributed by atoms with E-state index >= 15 is 4.39 Å². The van der Waals surface area contributed by atoms with Gasteiger partial charge in [0.1, 0.15) is 11.4 Å². The average molecular weight is 460 g/mol. The molecule has 0 aliphatic carbocycles. The monoisotopic (exact) mass is 459 g/mol. The van der Waals surface area contributed by atoms with E-state index in [2.05, 4.69) is 27.6 Å². The average Bonchev–Trinajstić information content (AvgIpc) is 2.78. The van der Waals surface area contributed by atoms with Crippen molar-refractivity contribution in [2.75, 3.05) is 33.1 Å². The van der Waals surface area contributed by atoms with E-state index in [9.17, 15) is 4.79 Å². The highest BCUT2D eigenvalue weighted by Crippen LogP contribution is 2.42. The molecule has 1 aromatic rings. The van der Waals surface area contributed by atoms with Crippen molar-refractivity contribution in [2.45, 2.75) is 12.5 Å². The Kier molecular flexibility index (Phi) is 8.84. The minimum atomic E-state index is -1.10. The van der Waals surface area contributed by atoms with Crippen LogP contribution < -0.4 is 5.73 Å². The zero-order valence-electron chi connectivity index (χ0n) is 18.2. The first-order valence-corrected chi connectivity index (χ1v) is 10.6. The summed E-state index contributed by atoms with van der Waals surface area (Å²) in [7, 11) is 2.85. The number of amides is 1. The third-order valence-corrected chi connectivity index (χ3v) is 5.93. The lowest BCUT2D eigenvalue weighted by molar-refractivity contribution is 0.116. The van der Waals surface area contributed by atoms with Crippen LogP contribution in [0.5, 0.6) is 0 Å². The highest BCUT2D eigenvalue weighted by molar-refractivity contribution is 8.13. The zero-order valence-corrected chi connectivity index (χ0v) is 19.1. The van der Waals surface area contributed by atoms with Crippen LogP contribution in [0.3, 0.4) is 0 Å². The summed E-state index contributed by atoms with van der Waals surface area (Å²) < 4.78 is 25.2. The SMILES string of the molecule is C#CCO/C(=C/N=C)N=Cc1ccc(F)c([C@@]2(CN(C)C(=O)OC)N=C(N)SC[C@@H]2C)c1. The van der Waals surface area contributed by atoms with Crippen LogP contribution in [0.2, 0.25) is 0 Å². The number of rotatable bonds is 8. The summed E-state index contributed by atoms with van der Waals surface area (Å²) in [5, 5.41) is 0.324. The maximum Gasteiger partial charge on any atom is 0.409 e. The van der Waals surface area contributed by atoms with Crippen LogP contribution in [0.25, 0.3) is 0 Å². The van der Waals surface area contributed by atoms with Crippen molar-refractivity contribution >= 4 is 36.0 Å². The topological polar surface area (TPSA) is 102 Å². The number of halogens is 1. The smallest absolute Gasteiger partial charge is 0.409 e. The number of methoxy groups -OCH3 is 1. The predicted octanol–water partition coefficient (Wildman–Crippen LogP) is 2.99. The molecule has 1 aliphatic rings. The minimum absolute atomic E-state index is 0.0134. The summed E-state index contributed by atoms with van der Waals surface area (Å²) in [6.45, 7) is 5.41. The van der Waals surface area contributed by atoms with E-state index in [0.717, 1.165) is 0 Å². The molecular formula is C22H26FN5O3S. The fourth-order valence-corrected chi connectivity index (χ4v) is 4.19. The van der Waals surface area contributed by atoms with Crippen LogP contribution in [0.1, 0.15) is 18.1 Å². The van der Waals surface area contributed by atoms with E-state index in [1.165, 1.54) is 42.3 Å². The van der Waals surface area contributed by atoms with E-state index in [0.29, 0.717) is 22.0 Å². The van der Waals surface area contributed by atoms with Gasteiger partial charge in [0.15, 0.2) is 11.8 Å². The number of thioether (sulfide) groups is 1. The number of hydrogen-bond donors (Lipinski definition) is 1. The van der Waals surface area contributed by atoms with Crippen molar-refractivity contribution in [2.24, 2.45) is 26.6 Å². The molecule has 8 nitrogen and oxygen atoms in total. The van der Waals surface area contributed by atoms with Gasteiger partial charge in [-0.15, -0.1) is 6.42 Å².